The van der Waals surface area contributed by atoms with Gasteiger partial charge in [0, 0.05) is 19.7 Å². The molecule has 0 aromatic heterocycles. The second-order valence-corrected chi connectivity index (χ2v) is 4.09. The third-order valence-electron chi connectivity index (χ3n) is 2.37. The van der Waals surface area contributed by atoms with E-state index < -0.39 is 11.6 Å². The number of nitrogens with one attached hydrogen (secondary N) is 1. The number of methoxy groups -OCH3 is 2. The van der Waals surface area contributed by atoms with Crippen molar-refractivity contribution in [3.63, 3.8) is 0 Å². The molecular formula is C11H23NO4. The lowest BCUT2D eigenvalue weighted by atomic mass is 10.1. The van der Waals surface area contributed by atoms with E-state index in [1.165, 1.54) is 14.0 Å². The fraction of sp³-hybridized carbons (Fsp3) is 0.909. The van der Waals surface area contributed by atoms with Gasteiger partial charge in [0.05, 0.1) is 13.7 Å². The lowest BCUT2D eigenvalue weighted by Crippen LogP contribution is -2.49. The Labute approximate surface area is 97.1 Å². The van der Waals surface area contributed by atoms with Gasteiger partial charge in [-0.25, -0.2) is 4.79 Å². The minimum atomic E-state index is -1.49. The Bertz CT molecular complexity index is 200. The highest BCUT2D eigenvalue weighted by molar-refractivity contribution is 5.78. The van der Waals surface area contributed by atoms with Crippen molar-refractivity contribution in [1.82, 2.24) is 5.32 Å². The van der Waals surface area contributed by atoms with Gasteiger partial charge in [0.1, 0.15) is 0 Å². The summed E-state index contributed by atoms with van der Waals surface area (Å²) in [5.74, 6) is -0.632. The molecule has 5 nitrogen and oxygen atoms in total. The molecule has 0 amide bonds. The summed E-state index contributed by atoms with van der Waals surface area (Å²) in [4.78, 5) is 11.2. The Hall–Kier alpha value is -0.650. The maximum Gasteiger partial charge on any atom is 0.338 e. The predicted molar refractivity (Wildman–Crippen MR) is 61.2 cm³/mol. The van der Waals surface area contributed by atoms with Crippen molar-refractivity contribution < 1.29 is 19.4 Å². The molecule has 0 heterocycles. The molecule has 0 saturated carbocycles. The van der Waals surface area contributed by atoms with Gasteiger partial charge in [-0.1, -0.05) is 13.3 Å². The third kappa shape index (κ3) is 5.44. The Morgan fingerprint density at radius 2 is 2.12 bits per heavy atom. The summed E-state index contributed by atoms with van der Waals surface area (Å²) >= 11 is 0. The zero-order chi connectivity index (χ0) is 12.6. The Kier molecular flexibility index (Phi) is 7.29. The molecule has 0 rings (SSSR count). The maximum atomic E-state index is 11.2. The van der Waals surface area contributed by atoms with Crippen LogP contribution in [0.1, 0.15) is 26.7 Å². The number of esters is 1. The molecule has 0 aromatic rings. The Morgan fingerprint density at radius 3 is 2.56 bits per heavy atom. The van der Waals surface area contributed by atoms with Crippen LogP contribution in [0, 0.1) is 0 Å². The number of carbonyl (C=O) groups excluding carboxylic acids is 1. The first kappa shape index (κ1) is 15.3. The van der Waals surface area contributed by atoms with Gasteiger partial charge in [0.15, 0.2) is 5.60 Å². The molecule has 0 bridgehead atoms. The highest BCUT2D eigenvalue weighted by atomic mass is 16.5. The summed E-state index contributed by atoms with van der Waals surface area (Å²) in [6.45, 7) is 4.23. The van der Waals surface area contributed by atoms with Crippen molar-refractivity contribution in [2.75, 3.05) is 27.4 Å². The van der Waals surface area contributed by atoms with Crippen LogP contribution >= 0.6 is 0 Å². The third-order valence-corrected chi connectivity index (χ3v) is 2.37. The summed E-state index contributed by atoms with van der Waals surface area (Å²) in [6, 6.07) is 0.145. The molecule has 5 heteroatoms. The first-order chi connectivity index (χ1) is 7.47. The van der Waals surface area contributed by atoms with E-state index in [0.717, 1.165) is 12.8 Å². The van der Waals surface area contributed by atoms with Gasteiger partial charge in [-0.2, -0.15) is 0 Å². The van der Waals surface area contributed by atoms with Crippen molar-refractivity contribution in [3.8, 4) is 0 Å². The number of ether oxygens (including phenoxy) is 2. The molecule has 2 N–H and O–H groups in total. The van der Waals surface area contributed by atoms with E-state index in [-0.39, 0.29) is 12.6 Å². The van der Waals surface area contributed by atoms with Crippen molar-refractivity contribution in [3.05, 3.63) is 0 Å². The van der Waals surface area contributed by atoms with Gasteiger partial charge >= 0.3 is 5.97 Å². The topological polar surface area (TPSA) is 67.8 Å². The molecule has 2 unspecified atom stereocenters. The van der Waals surface area contributed by atoms with E-state index in [2.05, 4.69) is 17.0 Å². The SMILES string of the molecule is CCCC(COC)NCC(C)(O)C(=O)OC. The smallest absolute Gasteiger partial charge is 0.338 e. The van der Waals surface area contributed by atoms with Gasteiger partial charge in [0.2, 0.25) is 0 Å². The lowest BCUT2D eigenvalue weighted by molar-refractivity contribution is -0.160. The lowest BCUT2D eigenvalue weighted by Gasteiger charge is -2.24. The molecular weight excluding hydrogens is 210 g/mol. The maximum absolute atomic E-state index is 11.2. The van der Waals surface area contributed by atoms with Crippen LogP contribution in [0.4, 0.5) is 0 Å². The summed E-state index contributed by atoms with van der Waals surface area (Å²) in [7, 11) is 2.89. The van der Waals surface area contributed by atoms with Crippen molar-refractivity contribution in [2.24, 2.45) is 0 Å². The summed E-state index contributed by atoms with van der Waals surface area (Å²) in [5, 5.41) is 12.9. The molecule has 0 aliphatic heterocycles. The quantitative estimate of drug-likeness (QED) is 0.591. The fourth-order valence-corrected chi connectivity index (χ4v) is 1.43. The first-order valence-electron chi connectivity index (χ1n) is 5.51. The van der Waals surface area contributed by atoms with E-state index in [1.54, 1.807) is 7.11 Å². The molecule has 0 aliphatic carbocycles. The fourth-order valence-electron chi connectivity index (χ4n) is 1.43. The van der Waals surface area contributed by atoms with Crippen LogP contribution in [0.25, 0.3) is 0 Å². The molecule has 0 spiro atoms. The summed E-state index contributed by atoms with van der Waals surface area (Å²) in [6.07, 6.45) is 1.95. The second-order valence-electron chi connectivity index (χ2n) is 4.09. The van der Waals surface area contributed by atoms with Crippen molar-refractivity contribution in [1.29, 1.82) is 0 Å². The second kappa shape index (κ2) is 7.60. The molecule has 96 valence electrons. The molecule has 0 aromatic carbocycles. The van der Waals surface area contributed by atoms with E-state index >= 15 is 0 Å². The number of aliphatic hydroxyl groups is 1. The normalized spacial score (nSPS) is 16.6. The molecule has 0 radical (unpaired) electrons. The van der Waals surface area contributed by atoms with Gasteiger partial charge < -0.3 is 19.9 Å². The molecule has 0 fully saturated rings. The molecule has 0 saturated heterocycles. The van der Waals surface area contributed by atoms with Crippen LogP contribution in [0.2, 0.25) is 0 Å². The zero-order valence-electron chi connectivity index (χ0n) is 10.6. The van der Waals surface area contributed by atoms with E-state index in [1.807, 2.05) is 0 Å². The molecule has 0 aliphatic rings. The van der Waals surface area contributed by atoms with Crippen LogP contribution in [0.5, 0.6) is 0 Å². The number of hydrogen-bond acceptors (Lipinski definition) is 5. The van der Waals surface area contributed by atoms with E-state index in [0.29, 0.717) is 6.61 Å². The number of hydrogen-bond donors (Lipinski definition) is 2. The minimum absolute atomic E-state index is 0.145. The summed E-state index contributed by atoms with van der Waals surface area (Å²) < 4.78 is 9.56. The van der Waals surface area contributed by atoms with E-state index in [9.17, 15) is 9.90 Å². The van der Waals surface area contributed by atoms with E-state index in [4.69, 9.17) is 4.74 Å². The van der Waals surface area contributed by atoms with Gasteiger partial charge in [0.25, 0.3) is 0 Å². The van der Waals surface area contributed by atoms with Gasteiger partial charge in [-0.05, 0) is 13.3 Å². The summed E-state index contributed by atoms with van der Waals surface area (Å²) in [5.41, 5.74) is -1.49. The Morgan fingerprint density at radius 1 is 1.50 bits per heavy atom. The highest BCUT2D eigenvalue weighted by Gasteiger charge is 2.31. The van der Waals surface area contributed by atoms with Gasteiger partial charge in [-0.15, -0.1) is 0 Å². The van der Waals surface area contributed by atoms with Crippen molar-refractivity contribution >= 4 is 5.97 Å². The number of rotatable bonds is 8. The largest absolute Gasteiger partial charge is 0.467 e. The van der Waals surface area contributed by atoms with Gasteiger partial charge in [-0.3, -0.25) is 0 Å². The first-order valence-corrected chi connectivity index (χ1v) is 5.51. The zero-order valence-corrected chi connectivity index (χ0v) is 10.6. The van der Waals surface area contributed by atoms with Crippen molar-refractivity contribution in [2.45, 2.75) is 38.3 Å². The number of carbonyl (C=O) groups is 1. The molecule has 2 atom stereocenters. The standard InChI is InChI=1S/C11H23NO4/c1-5-6-9(7-15-3)12-8-11(2,14)10(13)16-4/h9,12,14H,5-8H2,1-4H3. The van der Waals surface area contributed by atoms with Crippen LogP contribution in [0.3, 0.4) is 0 Å². The molecule has 16 heavy (non-hydrogen) atoms. The monoisotopic (exact) mass is 233 g/mol. The minimum Gasteiger partial charge on any atom is -0.467 e. The highest BCUT2D eigenvalue weighted by Crippen LogP contribution is 2.06. The van der Waals surface area contributed by atoms with Crippen LogP contribution in [-0.2, 0) is 14.3 Å². The average molecular weight is 233 g/mol. The van der Waals surface area contributed by atoms with Crippen LogP contribution in [0.15, 0.2) is 0 Å². The predicted octanol–water partition coefficient (Wildman–Crippen LogP) is 0.315. The van der Waals surface area contributed by atoms with Crippen LogP contribution < -0.4 is 5.32 Å². The average Bonchev–Trinajstić information content (AvgIpc) is 2.25. The van der Waals surface area contributed by atoms with Crippen LogP contribution in [-0.4, -0.2) is 50.1 Å². The Balaban J connectivity index is 4.12.